The Kier molecular flexibility index (Phi) is 5.41. The van der Waals surface area contributed by atoms with E-state index in [0.717, 1.165) is 17.8 Å². The van der Waals surface area contributed by atoms with E-state index in [9.17, 15) is 4.39 Å². The molecule has 21 heavy (non-hydrogen) atoms. The third kappa shape index (κ3) is 3.47. The van der Waals surface area contributed by atoms with Gasteiger partial charge in [0.1, 0.15) is 5.82 Å². The summed E-state index contributed by atoms with van der Waals surface area (Å²) < 4.78 is 16.2. The molecule has 1 aromatic heterocycles. The van der Waals surface area contributed by atoms with Gasteiger partial charge in [-0.25, -0.2) is 4.39 Å². The summed E-state index contributed by atoms with van der Waals surface area (Å²) in [5.74, 6) is -0.290. The molecule has 0 aliphatic heterocycles. The molecule has 0 amide bonds. The van der Waals surface area contributed by atoms with Crippen LogP contribution < -0.4 is 5.32 Å². The second-order valence-electron chi connectivity index (χ2n) is 5.08. The van der Waals surface area contributed by atoms with E-state index in [-0.39, 0.29) is 17.9 Å². The molecule has 0 saturated heterocycles. The van der Waals surface area contributed by atoms with Crippen LogP contribution in [0.15, 0.2) is 28.9 Å². The first-order chi connectivity index (χ1) is 9.95. The summed E-state index contributed by atoms with van der Waals surface area (Å²) in [6, 6.07) is 5.09. The van der Waals surface area contributed by atoms with Gasteiger partial charge in [0.2, 0.25) is 0 Å². The number of nitrogens with one attached hydrogen (secondary N) is 1. The quantitative estimate of drug-likeness (QED) is 0.821. The van der Waals surface area contributed by atoms with Gasteiger partial charge in [0.15, 0.2) is 0 Å². The normalized spacial score (nSPS) is 12.9. The molecule has 0 spiro atoms. The van der Waals surface area contributed by atoms with Crippen molar-refractivity contribution in [2.45, 2.75) is 32.9 Å². The second kappa shape index (κ2) is 6.90. The molecule has 3 nitrogen and oxygen atoms in total. The van der Waals surface area contributed by atoms with Crippen molar-refractivity contribution in [1.82, 2.24) is 15.1 Å². The lowest BCUT2D eigenvalue weighted by Crippen LogP contribution is -2.26. The lowest BCUT2D eigenvalue weighted by Gasteiger charge is -2.22. The first-order valence-corrected chi connectivity index (χ1v) is 8.04. The molecule has 2 aromatic rings. The van der Waals surface area contributed by atoms with Crippen molar-refractivity contribution < 1.29 is 4.39 Å². The minimum atomic E-state index is -0.290. The van der Waals surface area contributed by atoms with Crippen molar-refractivity contribution in [3.05, 3.63) is 51.0 Å². The molecule has 1 N–H and O–H groups in total. The molecule has 1 aromatic carbocycles. The van der Waals surface area contributed by atoms with Gasteiger partial charge in [-0.1, -0.05) is 24.6 Å². The molecule has 1 atom stereocenters. The number of nitrogens with zero attached hydrogens (tertiary/aromatic N) is 2. The molecule has 1 unspecified atom stereocenters. The first kappa shape index (κ1) is 16.5. The van der Waals surface area contributed by atoms with E-state index in [1.165, 1.54) is 6.07 Å². The van der Waals surface area contributed by atoms with E-state index in [0.29, 0.717) is 9.50 Å². The summed E-state index contributed by atoms with van der Waals surface area (Å²) in [6.07, 6.45) is 1.64. The average molecular weight is 375 g/mol. The van der Waals surface area contributed by atoms with Crippen LogP contribution in [0.1, 0.15) is 44.1 Å². The zero-order valence-corrected chi connectivity index (χ0v) is 14.5. The molecule has 6 heteroatoms. The Hall–Kier alpha value is -0.910. The zero-order valence-electron chi connectivity index (χ0n) is 12.2. The highest BCUT2D eigenvalue weighted by Gasteiger charge is 2.23. The Morgan fingerprint density at radius 1 is 1.43 bits per heavy atom. The first-order valence-electron chi connectivity index (χ1n) is 6.87. The second-order valence-corrected chi connectivity index (χ2v) is 6.34. The van der Waals surface area contributed by atoms with Gasteiger partial charge >= 0.3 is 0 Å². The molecule has 114 valence electrons. The lowest BCUT2D eigenvalue weighted by molar-refractivity contribution is 0.475. The average Bonchev–Trinajstić information content (AvgIpc) is 2.81. The number of hydrogen-bond donors (Lipinski definition) is 1. The van der Waals surface area contributed by atoms with Crippen molar-refractivity contribution in [3.63, 3.8) is 0 Å². The highest BCUT2D eigenvalue weighted by atomic mass is 79.9. The zero-order chi connectivity index (χ0) is 15.6. The van der Waals surface area contributed by atoms with Crippen molar-refractivity contribution >= 4 is 27.5 Å². The Labute approximate surface area is 137 Å². The molecule has 2 rings (SSSR count). The van der Waals surface area contributed by atoms with Crippen molar-refractivity contribution in [2.75, 3.05) is 6.54 Å². The summed E-state index contributed by atoms with van der Waals surface area (Å²) in [7, 11) is 0. The van der Waals surface area contributed by atoms with Crippen LogP contribution in [-0.2, 0) is 0 Å². The maximum atomic E-state index is 13.9. The minimum Gasteiger partial charge on any atom is -0.305 e. The molecule has 0 fully saturated rings. The van der Waals surface area contributed by atoms with Crippen LogP contribution in [0.2, 0.25) is 5.02 Å². The Balaban J connectivity index is 2.53. The summed E-state index contributed by atoms with van der Waals surface area (Å²) in [4.78, 5) is 0. The molecule has 0 aliphatic carbocycles. The van der Waals surface area contributed by atoms with Crippen LogP contribution in [0.25, 0.3) is 0 Å². The van der Waals surface area contributed by atoms with E-state index in [1.54, 1.807) is 12.3 Å². The Morgan fingerprint density at radius 3 is 2.71 bits per heavy atom. The lowest BCUT2D eigenvalue weighted by atomic mass is 10.0. The van der Waals surface area contributed by atoms with Gasteiger partial charge in [0.25, 0.3) is 0 Å². The van der Waals surface area contributed by atoms with Gasteiger partial charge in [-0.3, -0.25) is 4.68 Å². The third-order valence-electron chi connectivity index (χ3n) is 3.23. The smallest absolute Gasteiger partial charge is 0.137 e. The number of aromatic nitrogens is 2. The van der Waals surface area contributed by atoms with Gasteiger partial charge in [-0.2, -0.15) is 5.10 Å². The number of rotatable bonds is 5. The summed E-state index contributed by atoms with van der Waals surface area (Å²) in [5, 5.41) is 8.26. The monoisotopic (exact) mass is 373 g/mol. The van der Waals surface area contributed by atoms with Crippen LogP contribution >= 0.6 is 27.5 Å². The van der Waals surface area contributed by atoms with Gasteiger partial charge < -0.3 is 5.32 Å². The molecular weight excluding hydrogens is 357 g/mol. The van der Waals surface area contributed by atoms with E-state index in [4.69, 9.17) is 11.6 Å². The molecule has 0 radical (unpaired) electrons. The topological polar surface area (TPSA) is 29.9 Å². The molecule has 0 bridgehead atoms. The van der Waals surface area contributed by atoms with Crippen LogP contribution in [0.4, 0.5) is 4.39 Å². The number of benzene rings is 1. The number of hydrogen-bond acceptors (Lipinski definition) is 2. The molecule has 0 saturated carbocycles. The highest BCUT2D eigenvalue weighted by molar-refractivity contribution is 9.10. The minimum absolute atomic E-state index is 0.175. The van der Waals surface area contributed by atoms with E-state index >= 15 is 0 Å². The summed E-state index contributed by atoms with van der Waals surface area (Å²) >= 11 is 9.49. The van der Waals surface area contributed by atoms with Crippen LogP contribution in [0.3, 0.4) is 0 Å². The largest absolute Gasteiger partial charge is 0.305 e. The predicted molar refractivity (Wildman–Crippen MR) is 87.2 cm³/mol. The van der Waals surface area contributed by atoms with Crippen LogP contribution in [-0.4, -0.2) is 16.3 Å². The standard InChI is InChI=1S/C15H18BrClFN3/c1-4-19-14(10-5-6-11(16)13(18)7-10)15-12(17)8-20-21(15)9(2)3/h5-9,14,19H,4H2,1-3H3. The van der Waals surface area contributed by atoms with Crippen molar-refractivity contribution in [2.24, 2.45) is 0 Å². The van der Waals surface area contributed by atoms with Crippen LogP contribution in [0, 0.1) is 5.82 Å². The fraction of sp³-hybridized carbons (Fsp3) is 0.400. The molecular formula is C15H18BrClFN3. The summed E-state index contributed by atoms with van der Waals surface area (Å²) in [6.45, 7) is 6.82. The van der Waals surface area contributed by atoms with E-state index < -0.39 is 0 Å². The Morgan fingerprint density at radius 2 is 2.14 bits per heavy atom. The Bertz CT molecular complexity index is 627. The van der Waals surface area contributed by atoms with Crippen molar-refractivity contribution in [1.29, 1.82) is 0 Å². The maximum absolute atomic E-state index is 13.9. The summed E-state index contributed by atoms with van der Waals surface area (Å²) in [5.41, 5.74) is 1.68. The van der Waals surface area contributed by atoms with Gasteiger partial charge in [0, 0.05) is 6.04 Å². The fourth-order valence-corrected chi connectivity index (χ4v) is 2.79. The predicted octanol–water partition coefficient (Wildman–Crippen LogP) is 4.72. The highest BCUT2D eigenvalue weighted by Crippen LogP contribution is 2.31. The fourth-order valence-electron chi connectivity index (χ4n) is 2.30. The van der Waals surface area contributed by atoms with Crippen molar-refractivity contribution in [3.8, 4) is 0 Å². The van der Waals surface area contributed by atoms with Crippen LogP contribution in [0.5, 0.6) is 0 Å². The molecule has 1 heterocycles. The van der Waals surface area contributed by atoms with E-state index in [1.807, 2.05) is 31.5 Å². The maximum Gasteiger partial charge on any atom is 0.137 e. The van der Waals surface area contributed by atoms with Gasteiger partial charge in [-0.15, -0.1) is 0 Å². The van der Waals surface area contributed by atoms with E-state index in [2.05, 4.69) is 26.3 Å². The molecule has 0 aliphatic rings. The SMILES string of the molecule is CCNC(c1ccc(Br)c(F)c1)c1c(Cl)cnn1C(C)C. The third-order valence-corrected chi connectivity index (χ3v) is 4.17. The van der Waals surface area contributed by atoms with Gasteiger partial charge in [0.05, 0.1) is 27.4 Å². The number of halogens is 3. The van der Waals surface area contributed by atoms with Gasteiger partial charge in [-0.05, 0) is 54.0 Å².